The van der Waals surface area contributed by atoms with Crippen molar-refractivity contribution >= 4 is 33.5 Å². The number of hydrogen-bond acceptors (Lipinski definition) is 3. The fraction of sp³-hybridized carbons (Fsp3) is 0.118. The van der Waals surface area contributed by atoms with Gasteiger partial charge in [-0.1, -0.05) is 17.7 Å². The Labute approximate surface area is 132 Å². The second kappa shape index (κ2) is 5.07. The van der Waals surface area contributed by atoms with Crippen LogP contribution in [0.3, 0.4) is 0 Å². The lowest BCUT2D eigenvalue weighted by Gasteiger charge is -2.06. The molecule has 0 aliphatic carbocycles. The van der Waals surface area contributed by atoms with E-state index in [0.717, 1.165) is 28.5 Å². The number of rotatable bonds is 2. The van der Waals surface area contributed by atoms with Gasteiger partial charge in [0.05, 0.1) is 10.5 Å². The normalized spacial score (nSPS) is 11.4. The molecule has 3 aromatic heterocycles. The van der Waals surface area contributed by atoms with Crippen LogP contribution in [-0.4, -0.2) is 19.5 Å². The van der Waals surface area contributed by atoms with Gasteiger partial charge in [-0.3, -0.25) is 4.98 Å². The van der Waals surface area contributed by atoms with E-state index >= 15 is 0 Å². The Morgan fingerprint density at radius 2 is 2.05 bits per heavy atom. The molecule has 0 aliphatic heterocycles. The maximum absolute atomic E-state index is 6.03. The van der Waals surface area contributed by atoms with Gasteiger partial charge >= 0.3 is 0 Å². The van der Waals surface area contributed by atoms with Crippen molar-refractivity contribution in [2.24, 2.45) is 0 Å². The summed E-state index contributed by atoms with van der Waals surface area (Å²) in [6.45, 7) is 2.83. The van der Waals surface area contributed by atoms with E-state index in [1.165, 1.54) is 11.1 Å². The van der Waals surface area contributed by atoms with Gasteiger partial charge in [-0.05, 0) is 36.2 Å². The molecule has 0 bridgehead atoms. The minimum atomic E-state index is 0.652. The van der Waals surface area contributed by atoms with Crippen LogP contribution in [0.4, 0.5) is 0 Å². The second-order valence-electron chi connectivity index (χ2n) is 5.38. The lowest BCUT2D eigenvalue weighted by Crippen LogP contribution is -1.99. The van der Waals surface area contributed by atoms with E-state index in [9.17, 15) is 0 Å². The summed E-state index contributed by atoms with van der Waals surface area (Å²) < 4.78 is 2.14. The summed E-state index contributed by atoms with van der Waals surface area (Å²) in [4.78, 5) is 12.8. The van der Waals surface area contributed by atoms with E-state index < -0.39 is 0 Å². The number of aromatic nitrogens is 4. The molecule has 0 amide bonds. The summed E-state index contributed by atoms with van der Waals surface area (Å²) in [6.07, 6.45) is 7.23. The van der Waals surface area contributed by atoms with Gasteiger partial charge in [0.15, 0.2) is 0 Å². The maximum Gasteiger partial charge on any atom is 0.143 e. The molecule has 0 saturated carbocycles. The third kappa shape index (κ3) is 2.22. The zero-order valence-electron chi connectivity index (χ0n) is 12.0. The van der Waals surface area contributed by atoms with Crippen molar-refractivity contribution in [1.82, 2.24) is 19.5 Å². The largest absolute Gasteiger partial charge is 0.328 e. The van der Waals surface area contributed by atoms with Gasteiger partial charge in [-0.15, -0.1) is 0 Å². The van der Waals surface area contributed by atoms with Gasteiger partial charge in [-0.2, -0.15) is 0 Å². The number of benzene rings is 1. The average molecular weight is 309 g/mol. The highest BCUT2D eigenvalue weighted by atomic mass is 35.5. The zero-order valence-corrected chi connectivity index (χ0v) is 12.7. The molecule has 0 fully saturated rings. The van der Waals surface area contributed by atoms with E-state index in [1.54, 1.807) is 12.5 Å². The lowest BCUT2D eigenvalue weighted by atomic mass is 10.1. The van der Waals surface area contributed by atoms with Gasteiger partial charge in [0.2, 0.25) is 0 Å². The Morgan fingerprint density at radius 3 is 2.95 bits per heavy atom. The molecule has 4 aromatic rings. The Kier molecular flexibility index (Phi) is 3.05. The molecule has 0 N–H and O–H groups in total. The van der Waals surface area contributed by atoms with E-state index in [1.807, 2.05) is 18.3 Å². The summed E-state index contributed by atoms with van der Waals surface area (Å²) in [5, 5.41) is 2.79. The number of nitrogens with zero attached hydrogens (tertiary/aromatic N) is 4. The Bertz CT molecular complexity index is 990. The molecule has 4 rings (SSSR count). The predicted molar refractivity (Wildman–Crippen MR) is 88.1 cm³/mol. The van der Waals surface area contributed by atoms with Crippen molar-refractivity contribution in [3.05, 3.63) is 65.3 Å². The molecule has 22 heavy (non-hydrogen) atoms. The first-order valence-corrected chi connectivity index (χ1v) is 7.38. The molecular weight excluding hydrogens is 296 g/mol. The third-order valence-electron chi connectivity index (χ3n) is 3.80. The minimum Gasteiger partial charge on any atom is -0.328 e. The van der Waals surface area contributed by atoms with Crippen LogP contribution in [0.15, 0.2) is 49.2 Å². The summed E-state index contributed by atoms with van der Waals surface area (Å²) in [7, 11) is 0. The van der Waals surface area contributed by atoms with Crippen LogP contribution in [0.5, 0.6) is 0 Å². The number of aryl methyl sites for hydroxylation is 1. The highest BCUT2D eigenvalue weighted by Gasteiger charge is 2.07. The van der Waals surface area contributed by atoms with Gasteiger partial charge < -0.3 is 4.57 Å². The fourth-order valence-corrected chi connectivity index (χ4v) is 2.93. The molecule has 0 spiro atoms. The lowest BCUT2D eigenvalue weighted by molar-refractivity contribution is 0.822. The summed E-state index contributed by atoms with van der Waals surface area (Å²) in [5.41, 5.74) is 4.27. The molecule has 1 aromatic carbocycles. The smallest absolute Gasteiger partial charge is 0.143 e. The number of pyridine rings is 1. The van der Waals surface area contributed by atoms with Crippen LogP contribution in [0.25, 0.3) is 21.9 Å². The van der Waals surface area contributed by atoms with E-state index in [0.29, 0.717) is 5.02 Å². The van der Waals surface area contributed by atoms with Crippen LogP contribution in [0, 0.1) is 6.92 Å². The first-order valence-electron chi connectivity index (χ1n) is 7.00. The Morgan fingerprint density at radius 1 is 1.14 bits per heavy atom. The molecule has 0 saturated heterocycles. The predicted octanol–water partition coefficient (Wildman–Crippen LogP) is 3.99. The minimum absolute atomic E-state index is 0.652. The van der Waals surface area contributed by atoms with E-state index in [2.05, 4.69) is 44.8 Å². The number of fused-ring (bicyclic) bond motifs is 2. The van der Waals surface area contributed by atoms with Crippen LogP contribution >= 0.6 is 11.6 Å². The molecule has 5 heteroatoms. The molecule has 3 heterocycles. The zero-order chi connectivity index (χ0) is 15.1. The molecule has 4 nitrogen and oxygen atoms in total. The number of halogens is 1. The van der Waals surface area contributed by atoms with Crippen molar-refractivity contribution in [1.29, 1.82) is 0 Å². The van der Waals surface area contributed by atoms with Crippen LogP contribution in [0.1, 0.15) is 11.1 Å². The van der Waals surface area contributed by atoms with Crippen LogP contribution in [0.2, 0.25) is 5.02 Å². The molecular formula is C17H13ClN4. The van der Waals surface area contributed by atoms with E-state index in [4.69, 9.17) is 11.6 Å². The third-order valence-corrected chi connectivity index (χ3v) is 4.01. The summed E-state index contributed by atoms with van der Waals surface area (Å²) in [6, 6.07) is 8.17. The van der Waals surface area contributed by atoms with Gasteiger partial charge in [0, 0.05) is 35.9 Å². The average Bonchev–Trinajstić information content (AvgIpc) is 2.84. The van der Waals surface area contributed by atoms with Gasteiger partial charge in [0.25, 0.3) is 0 Å². The molecule has 0 radical (unpaired) electrons. The van der Waals surface area contributed by atoms with Crippen molar-refractivity contribution < 1.29 is 0 Å². The fourth-order valence-electron chi connectivity index (χ4n) is 2.76. The summed E-state index contributed by atoms with van der Waals surface area (Å²) in [5.74, 6) is 0. The Balaban J connectivity index is 1.79. The van der Waals surface area contributed by atoms with Crippen LogP contribution < -0.4 is 0 Å². The summed E-state index contributed by atoms with van der Waals surface area (Å²) >= 11 is 6.03. The highest BCUT2D eigenvalue weighted by molar-refractivity contribution is 6.31. The molecule has 108 valence electrons. The topological polar surface area (TPSA) is 43.6 Å². The van der Waals surface area contributed by atoms with Crippen molar-refractivity contribution in [2.45, 2.75) is 13.5 Å². The SMILES string of the molecule is Cc1cn(Cc2ccc3ncc(Cl)cc3c2)c2ncncc12. The van der Waals surface area contributed by atoms with Crippen LogP contribution in [-0.2, 0) is 6.54 Å². The van der Waals surface area contributed by atoms with Crippen molar-refractivity contribution in [3.63, 3.8) is 0 Å². The molecule has 0 atom stereocenters. The Hall–Kier alpha value is -2.46. The molecule has 0 unspecified atom stereocenters. The van der Waals surface area contributed by atoms with Crippen molar-refractivity contribution in [2.75, 3.05) is 0 Å². The first kappa shape index (κ1) is 13.2. The van der Waals surface area contributed by atoms with Gasteiger partial charge in [-0.25, -0.2) is 9.97 Å². The second-order valence-corrected chi connectivity index (χ2v) is 5.82. The highest BCUT2D eigenvalue weighted by Crippen LogP contribution is 2.21. The number of hydrogen-bond donors (Lipinski definition) is 0. The quantitative estimate of drug-likeness (QED) is 0.562. The monoisotopic (exact) mass is 308 g/mol. The van der Waals surface area contributed by atoms with E-state index in [-0.39, 0.29) is 0 Å². The standard InChI is InChI=1S/C17H13ClN4/c1-11-8-22(17-15(11)7-19-10-21-17)9-12-2-3-16-13(4-12)5-14(18)6-20-16/h2-8,10H,9H2,1H3. The van der Waals surface area contributed by atoms with Crippen molar-refractivity contribution in [3.8, 4) is 0 Å². The first-order chi connectivity index (χ1) is 10.7. The maximum atomic E-state index is 6.03. The molecule has 0 aliphatic rings. The van der Waals surface area contributed by atoms with Gasteiger partial charge in [0.1, 0.15) is 12.0 Å².